The number of aromatic nitrogens is 2. The summed E-state index contributed by atoms with van der Waals surface area (Å²) >= 11 is 0. The van der Waals surface area contributed by atoms with Crippen molar-refractivity contribution in [2.45, 2.75) is 32.9 Å². The SMILES string of the molecule is CC(C)C(NC(=O)CCn1c(=O)[nH]c(=O)c2ccccc21)C(=O)O. The monoisotopic (exact) mass is 333 g/mol. The van der Waals surface area contributed by atoms with Crippen LogP contribution in [-0.4, -0.2) is 32.6 Å². The van der Waals surface area contributed by atoms with Crippen LogP contribution in [0.1, 0.15) is 20.3 Å². The normalized spacial score (nSPS) is 12.3. The number of aryl methyl sites for hydroxylation is 1. The molecule has 0 spiro atoms. The van der Waals surface area contributed by atoms with E-state index in [9.17, 15) is 19.2 Å². The molecule has 0 saturated heterocycles. The fourth-order valence-corrected chi connectivity index (χ4v) is 2.44. The molecule has 8 nitrogen and oxygen atoms in total. The van der Waals surface area contributed by atoms with Crippen molar-refractivity contribution in [1.29, 1.82) is 0 Å². The number of carboxylic acids is 1. The Bertz CT molecular complexity index is 881. The summed E-state index contributed by atoms with van der Waals surface area (Å²) in [6.07, 6.45) is -0.0769. The minimum absolute atomic E-state index is 0.0341. The van der Waals surface area contributed by atoms with Crippen molar-refractivity contribution in [3.8, 4) is 0 Å². The van der Waals surface area contributed by atoms with E-state index in [0.717, 1.165) is 0 Å². The van der Waals surface area contributed by atoms with Gasteiger partial charge < -0.3 is 10.4 Å². The second-order valence-corrected chi connectivity index (χ2v) is 5.81. The Kier molecular flexibility index (Phi) is 5.18. The van der Waals surface area contributed by atoms with E-state index in [1.54, 1.807) is 38.1 Å². The molecule has 1 atom stereocenters. The maximum Gasteiger partial charge on any atom is 0.328 e. The first-order valence-electron chi connectivity index (χ1n) is 7.55. The van der Waals surface area contributed by atoms with Gasteiger partial charge in [-0.25, -0.2) is 9.59 Å². The van der Waals surface area contributed by atoms with Gasteiger partial charge in [0.2, 0.25) is 5.91 Å². The number of para-hydroxylation sites is 1. The van der Waals surface area contributed by atoms with Crippen LogP contribution in [0.5, 0.6) is 0 Å². The second kappa shape index (κ2) is 7.12. The van der Waals surface area contributed by atoms with E-state index in [2.05, 4.69) is 10.3 Å². The van der Waals surface area contributed by atoms with Gasteiger partial charge in [0, 0.05) is 13.0 Å². The Morgan fingerprint density at radius 3 is 2.54 bits per heavy atom. The first-order valence-corrected chi connectivity index (χ1v) is 7.55. The van der Waals surface area contributed by atoms with Crippen molar-refractivity contribution in [2.24, 2.45) is 5.92 Å². The third kappa shape index (κ3) is 3.70. The smallest absolute Gasteiger partial charge is 0.328 e. The number of carboxylic acid groups (broad SMARTS) is 1. The number of aliphatic carboxylic acids is 1. The summed E-state index contributed by atoms with van der Waals surface area (Å²) < 4.78 is 1.29. The summed E-state index contributed by atoms with van der Waals surface area (Å²) in [4.78, 5) is 49.1. The Morgan fingerprint density at radius 2 is 1.92 bits per heavy atom. The van der Waals surface area contributed by atoms with Crippen LogP contribution < -0.4 is 16.6 Å². The minimum atomic E-state index is -1.11. The Labute approximate surface area is 137 Å². The molecule has 0 fully saturated rings. The number of hydrogen-bond acceptors (Lipinski definition) is 4. The van der Waals surface area contributed by atoms with Crippen LogP contribution in [0.15, 0.2) is 33.9 Å². The number of fused-ring (bicyclic) bond motifs is 1. The molecule has 1 unspecified atom stereocenters. The lowest BCUT2D eigenvalue weighted by Crippen LogP contribution is -2.44. The number of rotatable bonds is 6. The number of nitrogens with one attached hydrogen (secondary N) is 2. The predicted octanol–water partition coefficient (Wildman–Crippen LogP) is 0.305. The number of carbonyl (C=O) groups is 2. The molecule has 24 heavy (non-hydrogen) atoms. The molecule has 0 aliphatic rings. The summed E-state index contributed by atoms with van der Waals surface area (Å²) in [6.45, 7) is 3.42. The third-order valence-electron chi connectivity index (χ3n) is 3.72. The summed E-state index contributed by atoms with van der Waals surface area (Å²) in [5, 5.41) is 11.9. The molecule has 2 aromatic rings. The highest BCUT2D eigenvalue weighted by molar-refractivity contribution is 5.84. The standard InChI is InChI=1S/C16H19N3O5/c1-9(2)13(15(22)23)17-12(20)7-8-19-11-6-4-3-5-10(11)14(21)18-16(19)24/h3-6,9,13H,7-8H2,1-2H3,(H,17,20)(H,22,23)(H,18,21,24). The van der Waals surface area contributed by atoms with Crippen molar-refractivity contribution in [2.75, 3.05) is 0 Å². The zero-order valence-electron chi connectivity index (χ0n) is 13.4. The summed E-state index contributed by atoms with van der Waals surface area (Å²) in [7, 11) is 0. The lowest BCUT2D eigenvalue weighted by Gasteiger charge is -2.18. The quantitative estimate of drug-likeness (QED) is 0.702. The van der Waals surface area contributed by atoms with E-state index in [1.807, 2.05) is 0 Å². The minimum Gasteiger partial charge on any atom is -0.480 e. The number of amides is 1. The molecular formula is C16H19N3O5. The second-order valence-electron chi connectivity index (χ2n) is 5.81. The highest BCUT2D eigenvalue weighted by atomic mass is 16.4. The zero-order chi connectivity index (χ0) is 17.9. The Balaban J connectivity index is 2.20. The highest BCUT2D eigenvalue weighted by Gasteiger charge is 2.23. The molecule has 1 aromatic carbocycles. The number of benzene rings is 1. The number of aromatic amines is 1. The number of hydrogen-bond donors (Lipinski definition) is 3. The van der Waals surface area contributed by atoms with Gasteiger partial charge >= 0.3 is 11.7 Å². The van der Waals surface area contributed by atoms with Gasteiger partial charge in [0.1, 0.15) is 6.04 Å². The lowest BCUT2D eigenvalue weighted by atomic mass is 10.0. The van der Waals surface area contributed by atoms with Gasteiger partial charge in [-0.2, -0.15) is 0 Å². The molecule has 1 aromatic heterocycles. The molecule has 2 rings (SSSR count). The molecule has 8 heteroatoms. The maximum atomic E-state index is 12.0. The summed E-state index contributed by atoms with van der Waals surface area (Å²) in [5.74, 6) is -1.84. The lowest BCUT2D eigenvalue weighted by molar-refractivity contribution is -0.143. The van der Waals surface area contributed by atoms with E-state index in [0.29, 0.717) is 10.9 Å². The molecule has 3 N–H and O–H groups in total. The fraction of sp³-hybridized carbons (Fsp3) is 0.375. The molecule has 0 saturated carbocycles. The van der Waals surface area contributed by atoms with E-state index in [1.165, 1.54) is 4.57 Å². The van der Waals surface area contributed by atoms with Crippen LogP contribution in [0.3, 0.4) is 0 Å². The predicted molar refractivity (Wildman–Crippen MR) is 87.9 cm³/mol. The van der Waals surface area contributed by atoms with E-state index < -0.39 is 29.2 Å². The van der Waals surface area contributed by atoms with Gasteiger partial charge in [-0.15, -0.1) is 0 Å². The van der Waals surface area contributed by atoms with Gasteiger partial charge in [-0.1, -0.05) is 26.0 Å². The van der Waals surface area contributed by atoms with Gasteiger partial charge in [-0.05, 0) is 18.1 Å². The molecular weight excluding hydrogens is 314 g/mol. The Morgan fingerprint density at radius 1 is 1.25 bits per heavy atom. The molecule has 1 amide bonds. The third-order valence-corrected chi connectivity index (χ3v) is 3.72. The van der Waals surface area contributed by atoms with Gasteiger partial charge in [0.15, 0.2) is 0 Å². The maximum absolute atomic E-state index is 12.0. The van der Waals surface area contributed by atoms with Gasteiger partial charge in [0.25, 0.3) is 5.56 Å². The molecule has 0 aliphatic heterocycles. The molecule has 0 aliphatic carbocycles. The molecule has 0 radical (unpaired) electrons. The van der Waals surface area contributed by atoms with Crippen LogP contribution in [0.25, 0.3) is 10.9 Å². The highest BCUT2D eigenvalue weighted by Crippen LogP contribution is 2.07. The Hall–Kier alpha value is -2.90. The van der Waals surface area contributed by atoms with Crippen LogP contribution in [-0.2, 0) is 16.1 Å². The van der Waals surface area contributed by atoms with E-state index in [4.69, 9.17) is 5.11 Å². The topological polar surface area (TPSA) is 121 Å². The summed E-state index contributed by atoms with van der Waals surface area (Å²) in [6, 6.07) is 5.60. The summed E-state index contributed by atoms with van der Waals surface area (Å²) in [5.41, 5.74) is -0.662. The van der Waals surface area contributed by atoms with Gasteiger partial charge in [-0.3, -0.25) is 19.1 Å². The van der Waals surface area contributed by atoms with Crippen molar-refractivity contribution < 1.29 is 14.7 Å². The molecule has 1 heterocycles. The average Bonchev–Trinajstić information content (AvgIpc) is 2.51. The number of H-pyrrole nitrogens is 1. The van der Waals surface area contributed by atoms with Crippen molar-refractivity contribution in [1.82, 2.24) is 14.9 Å². The first-order chi connectivity index (χ1) is 11.3. The number of nitrogens with zero attached hydrogens (tertiary/aromatic N) is 1. The van der Waals surface area contributed by atoms with Crippen molar-refractivity contribution >= 4 is 22.8 Å². The van der Waals surface area contributed by atoms with E-state index in [-0.39, 0.29) is 18.9 Å². The van der Waals surface area contributed by atoms with Crippen LogP contribution in [0.2, 0.25) is 0 Å². The largest absolute Gasteiger partial charge is 0.480 e. The van der Waals surface area contributed by atoms with Crippen molar-refractivity contribution in [3.05, 3.63) is 45.1 Å². The van der Waals surface area contributed by atoms with Crippen molar-refractivity contribution in [3.63, 3.8) is 0 Å². The van der Waals surface area contributed by atoms with E-state index >= 15 is 0 Å². The fourth-order valence-electron chi connectivity index (χ4n) is 2.44. The van der Waals surface area contributed by atoms with Crippen LogP contribution in [0, 0.1) is 5.92 Å². The molecule has 128 valence electrons. The zero-order valence-corrected chi connectivity index (χ0v) is 13.4. The number of carbonyl (C=O) groups excluding carboxylic acids is 1. The van der Waals surface area contributed by atoms with Gasteiger partial charge in [0.05, 0.1) is 10.9 Å². The van der Waals surface area contributed by atoms with Crippen LogP contribution >= 0.6 is 0 Å². The van der Waals surface area contributed by atoms with Crippen LogP contribution in [0.4, 0.5) is 0 Å². The average molecular weight is 333 g/mol. The first kappa shape index (κ1) is 17.5. The molecule has 0 bridgehead atoms.